The van der Waals surface area contributed by atoms with E-state index in [0.717, 1.165) is 18.2 Å². The number of thioether (sulfide) groups is 1. The molecule has 3 atom stereocenters. The van der Waals surface area contributed by atoms with Crippen molar-refractivity contribution in [3.8, 4) is 0 Å². The van der Waals surface area contributed by atoms with Crippen LogP contribution < -0.4 is 10.6 Å². The summed E-state index contributed by atoms with van der Waals surface area (Å²) in [5.74, 6) is 2.33. The lowest BCUT2D eigenvalue weighted by atomic mass is 10.1. The Kier molecular flexibility index (Phi) is 3.30. The minimum absolute atomic E-state index is 0.00667. The van der Waals surface area contributed by atoms with Crippen LogP contribution in [0.3, 0.4) is 0 Å². The topological polar surface area (TPSA) is 50.4 Å². The zero-order chi connectivity index (χ0) is 9.97. The van der Waals surface area contributed by atoms with Crippen molar-refractivity contribution in [2.45, 2.75) is 19.0 Å². The van der Waals surface area contributed by atoms with Gasteiger partial charge in [-0.15, -0.1) is 11.8 Å². The molecule has 14 heavy (non-hydrogen) atoms. The van der Waals surface area contributed by atoms with Crippen LogP contribution in [0.25, 0.3) is 0 Å². The molecule has 5 heteroatoms. The van der Waals surface area contributed by atoms with Gasteiger partial charge in [0, 0.05) is 17.5 Å². The van der Waals surface area contributed by atoms with E-state index in [9.17, 15) is 4.79 Å². The van der Waals surface area contributed by atoms with Crippen LogP contribution >= 0.6 is 11.8 Å². The van der Waals surface area contributed by atoms with Gasteiger partial charge in [-0.05, 0) is 0 Å². The molecule has 80 valence electrons. The highest BCUT2D eigenvalue weighted by Crippen LogP contribution is 2.14. The number of amides is 1. The monoisotopic (exact) mass is 216 g/mol. The quantitative estimate of drug-likeness (QED) is 0.671. The molecule has 0 aromatic rings. The van der Waals surface area contributed by atoms with E-state index in [1.54, 1.807) is 11.8 Å². The van der Waals surface area contributed by atoms with Crippen LogP contribution in [-0.2, 0) is 9.53 Å². The van der Waals surface area contributed by atoms with Crippen LogP contribution in [-0.4, -0.2) is 42.8 Å². The summed E-state index contributed by atoms with van der Waals surface area (Å²) in [6.45, 7) is 3.53. The van der Waals surface area contributed by atoms with Crippen molar-refractivity contribution in [1.29, 1.82) is 0 Å². The van der Waals surface area contributed by atoms with E-state index >= 15 is 0 Å². The maximum absolute atomic E-state index is 11.7. The summed E-state index contributed by atoms with van der Waals surface area (Å²) in [6.07, 6.45) is 0. The molecule has 0 aromatic carbocycles. The van der Waals surface area contributed by atoms with E-state index in [1.807, 2.05) is 0 Å². The second kappa shape index (κ2) is 4.51. The van der Waals surface area contributed by atoms with Crippen LogP contribution in [0.5, 0.6) is 0 Å². The second-order valence-electron chi connectivity index (χ2n) is 3.90. The maximum Gasteiger partial charge on any atom is 0.238 e. The van der Waals surface area contributed by atoms with Gasteiger partial charge >= 0.3 is 0 Å². The van der Waals surface area contributed by atoms with Crippen LogP contribution in [0.15, 0.2) is 0 Å². The number of hydrogen-bond acceptors (Lipinski definition) is 4. The van der Waals surface area contributed by atoms with E-state index in [1.165, 1.54) is 0 Å². The van der Waals surface area contributed by atoms with Crippen molar-refractivity contribution in [2.75, 3.05) is 24.8 Å². The molecule has 4 nitrogen and oxygen atoms in total. The molecule has 1 amide bonds. The van der Waals surface area contributed by atoms with Gasteiger partial charge in [0.05, 0.1) is 25.3 Å². The Morgan fingerprint density at radius 2 is 2.43 bits per heavy atom. The molecule has 2 aliphatic heterocycles. The van der Waals surface area contributed by atoms with Crippen LogP contribution in [0, 0.1) is 5.92 Å². The van der Waals surface area contributed by atoms with Crippen molar-refractivity contribution in [3.63, 3.8) is 0 Å². The van der Waals surface area contributed by atoms with Crippen LogP contribution in [0.2, 0.25) is 0 Å². The fourth-order valence-electron chi connectivity index (χ4n) is 1.69. The molecule has 0 radical (unpaired) electrons. The minimum atomic E-state index is -0.00667. The number of rotatable bonds is 2. The zero-order valence-electron chi connectivity index (χ0n) is 8.29. The molecule has 0 bridgehead atoms. The van der Waals surface area contributed by atoms with E-state index in [2.05, 4.69) is 17.6 Å². The van der Waals surface area contributed by atoms with Crippen molar-refractivity contribution < 1.29 is 9.53 Å². The number of nitrogens with one attached hydrogen (secondary N) is 2. The third-order valence-corrected chi connectivity index (χ3v) is 3.67. The van der Waals surface area contributed by atoms with Gasteiger partial charge in [-0.2, -0.15) is 0 Å². The highest BCUT2D eigenvalue weighted by molar-refractivity contribution is 7.99. The van der Waals surface area contributed by atoms with Gasteiger partial charge in [-0.25, -0.2) is 0 Å². The third-order valence-electron chi connectivity index (χ3n) is 2.73. The lowest BCUT2D eigenvalue weighted by Crippen LogP contribution is -2.48. The lowest BCUT2D eigenvalue weighted by Gasteiger charge is -2.17. The molecule has 3 unspecified atom stereocenters. The Labute approximate surface area is 88.1 Å². The summed E-state index contributed by atoms with van der Waals surface area (Å²) in [6, 6.07) is 0.197. The average molecular weight is 216 g/mol. The fraction of sp³-hybridized carbons (Fsp3) is 0.889. The molecule has 0 spiro atoms. The molecule has 2 rings (SSSR count). The second-order valence-corrected chi connectivity index (χ2v) is 4.93. The van der Waals surface area contributed by atoms with Gasteiger partial charge in [0.25, 0.3) is 0 Å². The number of ether oxygens (including phenoxy) is 1. The first kappa shape index (κ1) is 10.3. The Hall–Kier alpha value is -0.260. The Balaban J connectivity index is 1.81. The highest BCUT2D eigenvalue weighted by Gasteiger charge is 2.29. The minimum Gasteiger partial charge on any atom is -0.379 e. The first-order chi connectivity index (χ1) is 6.77. The molecule has 0 aliphatic carbocycles. The molecular formula is C9H16N2O2S. The number of hydrogen-bond donors (Lipinski definition) is 2. The van der Waals surface area contributed by atoms with Crippen molar-refractivity contribution in [1.82, 2.24) is 10.6 Å². The summed E-state index contributed by atoms with van der Waals surface area (Å²) in [5.41, 5.74) is 0. The summed E-state index contributed by atoms with van der Waals surface area (Å²) >= 11 is 1.77. The van der Waals surface area contributed by atoms with Gasteiger partial charge < -0.3 is 10.1 Å². The normalized spacial score (nSPS) is 37.4. The highest BCUT2D eigenvalue weighted by atomic mass is 32.2. The largest absolute Gasteiger partial charge is 0.379 e. The lowest BCUT2D eigenvalue weighted by molar-refractivity contribution is -0.123. The van der Waals surface area contributed by atoms with Gasteiger partial charge in [0.2, 0.25) is 5.91 Å². The predicted octanol–water partition coefficient (Wildman–Crippen LogP) is -0.200. The Morgan fingerprint density at radius 3 is 3.00 bits per heavy atom. The van der Waals surface area contributed by atoms with Crippen molar-refractivity contribution in [3.05, 3.63) is 0 Å². The van der Waals surface area contributed by atoms with Gasteiger partial charge in [0.15, 0.2) is 0 Å². The average Bonchev–Trinajstić information content (AvgIpc) is 2.77. The van der Waals surface area contributed by atoms with Crippen molar-refractivity contribution >= 4 is 17.7 Å². The molecule has 2 fully saturated rings. The van der Waals surface area contributed by atoms with E-state index < -0.39 is 0 Å². The van der Waals surface area contributed by atoms with Gasteiger partial charge in [-0.3, -0.25) is 10.1 Å². The first-order valence-corrected chi connectivity index (χ1v) is 6.12. The van der Waals surface area contributed by atoms with E-state index in [0.29, 0.717) is 12.5 Å². The van der Waals surface area contributed by atoms with Gasteiger partial charge in [-0.1, -0.05) is 6.92 Å². The fourth-order valence-corrected chi connectivity index (χ4v) is 2.63. The maximum atomic E-state index is 11.7. The molecule has 2 N–H and O–H groups in total. The molecule has 2 heterocycles. The number of carbonyl (C=O) groups excluding carboxylic acids is 1. The van der Waals surface area contributed by atoms with E-state index in [-0.39, 0.29) is 18.0 Å². The summed E-state index contributed by atoms with van der Waals surface area (Å²) in [7, 11) is 0. The molecular weight excluding hydrogens is 200 g/mol. The smallest absolute Gasteiger partial charge is 0.238 e. The summed E-state index contributed by atoms with van der Waals surface area (Å²) in [4.78, 5) is 11.7. The third kappa shape index (κ3) is 2.21. The van der Waals surface area contributed by atoms with E-state index in [4.69, 9.17) is 4.74 Å². The Bertz CT molecular complexity index is 219. The van der Waals surface area contributed by atoms with Crippen LogP contribution in [0.1, 0.15) is 6.92 Å². The Morgan fingerprint density at radius 1 is 1.57 bits per heavy atom. The molecule has 2 saturated heterocycles. The van der Waals surface area contributed by atoms with Crippen molar-refractivity contribution in [2.24, 2.45) is 5.92 Å². The zero-order valence-corrected chi connectivity index (χ0v) is 9.10. The molecule has 2 aliphatic rings. The van der Waals surface area contributed by atoms with Gasteiger partial charge in [0.1, 0.15) is 0 Å². The first-order valence-electron chi connectivity index (χ1n) is 4.96. The summed E-state index contributed by atoms with van der Waals surface area (Å²) in [5, 5.41) is 6.19. The predicted molar refractivity (Wildman–Crippen MR) is 56.2 cm³/mol. The number of carbonyl (C=O) groups is 1. The standard InChI is InChI=1S/C9H16N2O2S/c1-6-2-13-3-7(6)11-9(12)8-4-14-5-10-8/h6-8,10H,2-5H2,1H3,(H,11,12). The summed E-state index contributed by atoms with van der Waals surface area (Å²) < 4.78 is 5.29. The van der Waals surface area contributed by atoms with Crippen LogP contribution in [0.4, 0.5) is 0 Å². The molecule has 0 aromatic heterocycles. The SMILES string of the molecule is CC1COCC1NC(=O)C1CSCN1. The molecule has 0 saturated carbocycles.